The lowest BCUT2D eigenvalue weighted by Crippen LogP contribution is -2.02. The van der Waals surface area contributed by atoms with Gasteiger partial charge in [0.05, 0.1) is 6.61 Å². The molecule has 2 rings (SSSR count). The van der Waals surface area contributed by atoms with Crippen LogP contribution in [0.3, 0.4) is 0 Å². The summed E-state index contributed by atoms with van der Waals surface area (Å²) in [6.45, 7) is 2.58. The third-order valence-corrected chi connectivity index (χ3v) is 2.24. The number of ether oxygens (including phenoxy) is 1. The molecule has 1 N–H and O–H groups in total. The lowest BCUT2D eigenvalue weighted by molar-refractivity contribution is 0.119. The van der Waals surface area contributed by atoms with Crippen molar-refractivity contribution in [2.45, 2.75) is 19.4 Å². The third kappa shape index (κ3) is 1.77. The smallest absolute Gasteiger partial charge is 0.136 e. The molecule has 1 atom stereocenters. The Balaban J connectivity index is 2.22. The number of nitrogens with zero attached hydrogens (tertiary/aromatic N) is 1. The van der Waals surface area contributed by atoms with E-state index in [0.29, 0.717) is 12.4 Å². The molecule has 0 saturated carbocycles. The van der Waals surface area contributed by atoms with Crippen molar-refractivity contribution in [2.75, 3.05) is 6.61 Å². The zero-order chi connectivity index (χ0) is 9.97. The number of aryl methyl sites for hydroxylation is 1. The second kappa shape index (κ2) is 3.80. The Morgan fingerprint density at radius 1 is 1.57 bits per heavy atom. The molecule has 1 unspecified atom stereocenters. The van der Waals surface area contributed by atoms with Crippen LogP contribution >= 0.6 is 0 Å². The second-order valence-electron chi connectivity index (χ2n) is 3.38. The van der Waals surface area contributed by atoms with E-state index in [2.05, 4.69) is 4.98 Å². The minimum absolute atomic E-state index is 0.640. The summed E-state index contributed by atoms with van der Waals surface area (Å²) in [4.78, 5) is 4.08. The predicted molar refractivity (Wildman–Crippen MR) is 52.6 cm³/mol. The zero-order valence-electron chi connectivity index (χ0n) is 8.10. The van der Waals surface area contributed by atoms with Crippen LogP contribution in [-0.4, -0.2) is 16.7 Å². The number of rotatable bonds is 2. The molecule has 0 fully saturated rings. The Labute approximate surface area is 83.1 Å². The zero-order valence-corrected chi connectivity index (χ0v) is 8.10. The highest BCUT2D eigenvalue weighted by atomic mass is 16.5. The number of hydrogen-bond acceptors (Lipinski definition) is 3. The van der Waals surface area contributed by atoms with Crippen LogP contribution in [0.15, 0.2) is 30.2 Å². The van der Waals surface area contributed by atoms with Gasteiger partial charge in [-0.2, -0.15) is 0 Å². The van der Waals surface area contributed by atoms with Crippen molar-refractivity contribution in [1.82, 2.24) is 4.98 Å². The normalized spacial score (nSPS) is 17.4. The van der Waals surface area contributed by atoms with Gasteiger partial charge in [-0.05, 0) is 30.7 Å². The molecule has 0 aliphatic carbocycles. The summed E-state index contributed by atoms with van der Waals surface area (Å²) >= 11 is 0. The van der Waals surface area contributed by atoms with Crippen LogP contribution in [0.25, 0.3) is 0 Å². The minimum atomic E-state index is -0.640. The molecule has 14 heavy (non-hydrogen) atoms. The number of pyridine rings is 1. The maximum absolute atomic E-state index is 9.92. The van der Waals surface area contributed by atoms with Crippen LogP contribution in [0.1, 0.15) is 23.8 Å². The van der Waals surface area contributed by atoms with Gasteiger partial charge < -0.3 is 9.84 Å². The molecular weight excluding hydrogens is 178 g/mol. The van der Waals surface area contributed by atoms with Gasteiger partial charge in [0.15, 0.2) is 0 Å². The quantitative estimate of drug-likeness (QED) is 0.774. The van der Waals surface area contributed by atoms with Crippen molar-refractivity contribution < 1.29 is 9.84 Å². The average molecular weight is 191 g/mol. The van der Waals surface area contributed by atoms with E-state index in [1.807, 2.05) is 19.1 Å². The first kappa shape index (κ1) is 9.21. The maximum atomic E-state index is 9.92. The molecular formula is C11H13NO2. The maximum Gasteiger partial charge on any atom is 0.136 e. The summed E-state index contributed by atoms with van der Waals surface area (Å²) in [5.74, 6) is 0.663. The molecule has 0 spiro atoms. The second-order valence-corrected chi connectivity index (χ2v) is 3.38. The summed E-state index contributed by atoms with van der Waals surface area (Å²) in [5.41, 5.74) is 1.74. The van der Waals surface area contributed by atoms with Crippen LogP contribution in [0.2, 0.25) is 0 Å². The van der Waals surface area contributed by atoms with E-state index in [1.165, 1.54) is 0 Å². The number of aromatic nitrogens is 1. The van der Waals surface area contributed by atoms with E-state index in [0.717, 1.165) is 17.7 Å². The van der Waals surface area contributed by atoms with E-state index in [4.69, 9.17) is 4.74 Å². The molecule has 1 aliphatic rings. The van der Waals surface area contributed by atoms with Crippen molar-refractivity contribution in [3.8, 4) is 0 Å². The van der Waals surface area contributed by atoms with Crippen LogP contribution in [0.4, 0.5) is 0 Å². The van der Waals surface area contributed by atoms with Gasteiger partial charge in [0, 0.05) is 18.3 Å². The van der Waals surface area contributed by atoms with Crippen LogP contribution in [-0.2, 0) is 4.74 Å². The first-order chi connectivity index (χ1) is 6.77. The van der Waals surface area contributed by atoms with Crippen LogP contribution < -0.4 is 0 Å². The lowest BCUT2D eigenvalue weighted by atomic mass is 10.1. The molecule has 0 aromatic carbocycles. The summed E-state index contributed by atoms with van der Waals surface area (Å²) in [7, 11) is 0. The molecule has 2 heterocycles. The van der Waals surface area contributed by atoms with Crippen molar-refractivity contribution in [3.63, 3.8) is 0 Å². The Hall–Kier alpha value is -1.35. The Kier molecular flexibility index (Phi) is 2.50. The summed E-state index contributed by atoms with van der Waals surface area (Å²) in [5, 5.41) is 9.92. The predicted octanol–water partition coefficient (Wildman–Crippen LogP) is 1.73. The highest BCUT2D eigenvalue weighted by Crippen LogP contribution is 2.25. The topological polar surface area (TPSA) is 42.4 Å². The third-order valence-electron chi connectivity index (χ3n) is 2.24. The van der Waals surface area contributed by atoms with E-state index >= 15 is 0 Å². The molecule has 1 aliphatic heterocycles. The first-order valence-electron chi connectivity index (χ1n) is 4.71. The SMILES string of the molecule is Cc1cc(C(O)C2=CCCO2)ccn1. The number of aliphatic hydroxyl groups is 1. The Bertz CT molecular complexity index is 360. The fraction of sp³-hybridized carbons (Fsp3) is 0.364. The van der Waals surface area contributed by atoms with Gasteiger partial charge in [-0.15, -0.1) is 0 Å². The van der Waals surface area contributed by atoms with Gasteiger partial charge >= 0.3 is 0 Å². The number of hydrogen-bond donors (Lipinski definition) is 1. The van der Waals surface area contributed by atoms with Gasteiger partial charge in [-0.3, -0.25) is 4.98 Å². The van der Waals surface area contributed by atoms with E-state index in [-0.39, 0.29) is 0 Å². The molecule has 0 radical (unpaired) electrons. The molecule has 0 bridgehead atoms. The number of aliphatic hydroxyl groups excluding tert-OH is 1. The van der Waals surface area contributed by atoms with Crippen molar-refractivity contribution in [1.29, 1.82) is 0 Å². The van der Waals surface area contributed by atoms with Gasteiger partial charge in [0.1, 0.15) is 11.9 Å². The van der Waals surface area contributed by atoms with Crippen LogP contribution in [0, 0.1) is 6.92 Å². The molecule has 74 valence electrons. The summed E-state index contributed by atoms with van der Waals surface area (Å²) in [6.07, 6.45) is 3.87. The van der Waals surface area contributed by atoms with Gasteiger partial charge in [0.2, 0.25) is 0 Å². The highest BCUT2D eigenvalue weighted by molar-refractivity contribution is 5.24. The lowest BCUT2D eigenvalue weighted by Gasteiger charge is -2.12. The Morgan fingerprint density at radius 3 is 3.07 bits per heavy atom. The summed E-state index contributed by atoms with van der Waals surface area (Å²) < 4.78 is 5.30. The summed E-state index contributed by atoms with van der Waals surface area (Å²) in [6, 6.07) is 3.67. The molecule has 3 nitrogen and oxygen atoms in total. The van der Waals surface area contributed by atoms with Crippen molar-refractivity contribution >= 4 is 0 Å². The van der Waals surface area contributed by atoms with Gasteiger partial charge in [-0.1, -0.05) is 0 Å². The molecule has 1 aromatic rings. The largest absolute Gasteiger partial charge is 0.495 e. The molecule has 0 amide bonds. The first-order valence-corrected chi connectivity index (χ1v) is 4.71. The van der Waals surface area contributed by atoms with E-state index in [9.17, 15) is 5.11 Å². The van der Waals surface area contributed by atoms with Crippen molar-refractivity contribution in [2.24, 2.45) is 0 Å². The molecule has 3 heteroatoms. The Morgan fingerprint density at radius 2 is 2.43 bits per heavy atom. The van der Waals surface area contributed by atoms with Crippen molar-refractivity contribution in [3.05, 3.63) is 41.4 Å². The van der Waals surface area contributed by atoms with E-state index < -0.39 is 6.10 Å². The average Bonchev–Trinajstić information content (AvgIpc) is 2.69. The molecule has 0 saturated heterocycles. The fourth-order valence-electron chi connectivity index (χ4n) is 1.53. The minimum Gasteiger partial charge on any atom is -0.495 e. The fourth-order valence-corrected chi connectivity index (χ4v) is 1.53. The highest BCUT2D eigenvalue weighted by Gasteiger charge is 2.17. The van der Waals surface area contributed by atoms with E-state index in [1.54, 1.807) is 12.3 Å². The van der Waals surface area contributed by atoms with Gasteiger partial charge in [0.25, 0.3) is 0 Å². The molecule has 1 aromatic heterocycles. The standard InChI is InChI=1S/C11H13NO2/c1-8-7-9(4-5-12-8)11(13)10-3-2-6-14-10/h3-5,7,11,13H,2,6H2,1H3. The van der Waals surface area contributed by atoms with Gasteiger partial charge in [-0.25, -0.2) is 0 Å². The van der Waals surface area contributed by atoms with Crippen LogP contribution in [0.5, 0.6) is 0 Å². The monoisotopic (exact) mass is 191 g/mol.